The molecule has 2 aliphatic rings. The quantitative estimate of drug-likeness (QED) is 0.821. The lowest BCUT2D eigenvalue weighted by atomic mass is 10.1. The van der Waals surface area contributed by atoms with Gasteiger partial charge in [0.05, 0.1) is 12.3 Å². The summed E-state index contributed by atoms with van der Waals surface area (Å²) in [4.78, 5) is 17.1. The van der Waals surface area contributed by atoms with Gasteiger partial charge in [0, 0.05) is 38.8 Å². The number of hydrogen-bond acceptors (Lipinski definition) is 5. The maximum absolute atomic E-state index is 12.7. The number of carbonyl (C=O) groups is 1. The Morgan fingerprint density at radius 3 is 2.76 bits per heavy atom. The molecular weight excluding hydrogens is 270 g/mol. The first-order valence-electron chi connectivity index (χ1n) is 7.70. The summed E-state index contributed by atoms with van der Waals surface area (Å²) in [5, 5.41) is 3.88. The minimum Gasteiger partial charge on any atom is -0.380 e. The average Bonchev–Trinajstić information content (AvgIpc) is 3.03. The second-order valence-corrected chi connectivity index (χ2v) is 5.90. The van der Waals surface area contributed by atoms with Crippen molar-refractivity contribution in [1.82, 2.24) is 15.0 Å². The van der Waals surface area contributed by atoms with Gasteiger partial charge in [-0.05, 0) is 26.7 Å². The second-order valence-electron chi connectivity index (χ2n) is 5.90. The normalized spacial score (nSPS) is 24.3. The molecule has 1 aromatic rings. The summed E-state index contributed by atoms with van der Waals surface area (Å²) in [6.07, 6.45) is 2.11. The SMILES string of the molecule is Cc1noc(C)c1C(=O)N1CCCN(C2CCOC2)CC1. The van der Waals surface area contributed by atoms with Crippen LogP contribution in [0.3, 0.4) is 0 Å². The van der Waals surface area contributed by atoms with Crippen LogP contribution in [0.25, 0.3) is 0 Å². The highest BCUT2D eigenvalue weighted by Crippen LogP contribution is 2.19. The highest BCUT2D eigenvalue weighted by molar-refractivity contribution is 5.96. The monoisotopic (exact) mass is 293 g/mol. The number of ether oxygens (including phenoxy) is 1. The summed E-state index contributed by atoms with van der Waals surface area (Å²) >= 11 is 0. The van der Waals surface area contributed by atoms with Gasteiger partial charge in [-0.15, -0.1) is 0 Å². The molecule has 0 saturated carbocycles. The summed E-state index contributed by atoms with van der Waals surface area (Å²) in [6, 6.07) is 0.527. The molecule has 0 aliphatic carbocycles. The number of hydrogen-bond donors (Lipinski definition) is 0. The molecule has 1 unspecified atom stereocenters. The van der Waals surface area contributed by atoms with Gasteiger partial charge in [0.1, 0.15) is 11.3 Å². The van der Waals surface area contributed by atoms with Gasteiger partial charge in [0.25, 0.3) is 5.91 Å². The van der Waals surface area contributed by atoms with Crippen molar-refractivity contribution in [3.8, 4) is 0 Å². The zero-order valence-corrected chi connectivity index (χ0v) is 12.8. The summed E-state index contributed by atoms with van der Waals surface area (Å²) in [5.74, 6) is 0.665. The Labute approximate surface area is 125 Å². The molecule has 0 radical (unpaired) electrons. The maximum atomic E-state index is 12.7. The number of amides is 1. The van der Waals surface area contributed by atoms with Gasteiger partial charge >= 0.3 is 0 Å². The molecule has 1 atom stereocenters. The molecule has 2 fully saturated rings. The van der Waals surface area contributed by atoms with Gasteiger partial charge in [-0.3, -0.25) is 9.69 Å². The minimum atomic E-state index is 0.0516. The van der Waals surface area contributed by atoms with Crippen LogP contribution < -0.4 is 0 Å². The fourth-order valence-electron chi connectivity index (χ4n) is 3.26. The molecule has 6 nitrogen and oxygen atoms in total. The Kier molecular flexibility index (Phi) is 4.26. The Morgan fingerprint density at radius 2 is 2.10 bits per heavy atom. The lowest BCUT2D eigenvalue weighted by Crippen LogP contribution is -2.40. The van der Waals surface area contributed by atoms with E-state index in [1.54, 1.807) is 6.92 Å². The Morgan fingerprint density at radius 1 is 1.24 bits per heavy atom. The highest BCUT2D eigenvalue weighted by atomic mass is 16.5. The fourth-order valence-corrected chi connectivity index (χ4v) is 3.26. The van der Waals surface area contributed by atoms with Crippen LogP contribution in [0, 0.1) is 13.8 Å². The number of nitrogens with zero attached hydrogens (tertiary/aromatic N) is 3. The Bertz CT molecular complexity index is 489. The van der Waals surface area contributed by atoms with Gasteiger partial charge in [0.15, 0.2) is 0 Å². The number of rotatable bonds is 2. The van der Waals surface area contributed by atoms with Crippen molar-refractivity contribution >= 4 is 5.91 Å². The molecule has 3 heterocycles. The molecule has 1 aromatic heterocycles. The molecule has 6 heteroatoms. The maximum Gasteiger partial charge on any atom is 0.259 e. The van der Waals surface area contributed by atoms with Gasteiger partial charge in [-0.25, -0.2) is 0 Å². The van der Waals surface area contributed by atoms with Crippen molar-refractivity contribution in [2.24, 2.45) is 0 Å². The molecule has 21 heavy (non-hydrogen) atoms. The van der Waals surface area contributed by atoms with E-state index < -0.39 is 0 Å². The van der Waals surface area contributed by atoms with E-state index in [0.29, 0.717) is 23.1 Å². The molecule has 0 spiro atoms. The molecule has 2 saturated heterocycles. The van der Waals surface area contributed by atoms with Gasteiger partial charge < -0.3 is 14.2 Å². The van der Waals surface area contributed by atoms with Crippen LogP contribution in [0.15, 0.2) is 4.52 Å². The minimum absolute atomic E-state index is 0.0516. The molecule has 0 aromatic carbocycles. The van der Waals surface area contributed by atoms with Crippen molar-refractivity contribution in [2.45, 2.75) is 32.7 Å². The first-order valence-corrected chi connectivity index (χ1v) is 7.70. The zero-order chi connectivity index (χ0) is 14.8. The van der Waals surface area contributed by atoms with Crippen LogP contribution >= 0.6 is 0 Å². The third-order valence-corrected chi connectivity index (χ3v) is 4.49. The molecule has 0 bridgehead atoms. The van der Waals surface area contributed by atoms with Crippen molar-refractivity contribution in [3.05, 3.63) is 17.0 Å². The summed E-state index contributed by atoms with van der Waals surface area (Å²) in [7, 11) is 0. The van der Waals surface area contributed by atoms with Crippen molar-refractivity contribution < 1.29 is 14.1 Å². The van der Waals surface area contributed by atoms with E-state index >= 15 is 0 Å². The first kappa shape index (κ1) is 14.5. The van der Waals surface area contributed by atoms with Crippen LogP contribution in [0.1, 0.15) is 34.7 Å². The van der Waals surface area contributed by atoms with Gasteiger partial charge in [0.2, 0.25) is 0 Å². The lowest BCUT2D eigenvalue weighted by molar-refractivity contribution is 0.0754. The molecule has 1 amide bonds. The van der Waals surface area contributed by atoms with Crippen molar-refractivity contribution in [3.63, 3.8) is 0 Å². The summed E-state index contributed by atoms with van der Waals surface area (Å²) < 4.78 is 10.6. The van der Waals surface area contributed by atoms with E-state index in [1.165, 1.54) is 0 Å². The van der Waals surface area contributed by atoms with Gasteiger partial charge in [-0.2, -0.15) is 0 Å². The average molecular weight is 293 g/mol. The fraction of sp³-hybridized carbons (Fsp3) is 0.733. The molecule has 116 valence electrons. The third kappa shape index (κ3) is 2.96. The van der Waals surface area contributed by atoms with Crippen LogP contribution in [-0.4, -0.2) is 66.3 Å². The van der Waals surface area contributed by atoms with E-state index in [2.05, 4.69) is 10.1 Å². The largest absolute Gasteiger partial charge is 0.380 e. The second kappa shape index (κ2) is 6.15. The smallest absolute Gasteiger partial charge is 0.259 e. The Hall–Kier alpha value is -1.40. The van der Waals surface area contributed by atoms with E-state index in [0.717, 1.165) is 52.2 Å². The van der Waals surface area contributed by atoms with E-state index in [1.807, 2.05) is 11.8 Å². The van der Waals surface area contributed by atoms with E-state index in [4.69, 9.17) is 9.26 Å². The Balaban J connectivity index is 1.66. The molecular formula is C15H23N3O3. The topological polar surface area (TPSA) is 58.8 Å². The third-order valence-electron chi connectivity index (χ3n) is 4.49. The zero-order valence-electron chi connectivity index (χ0n) is 12.8. The van der Waals surface area contributed by atoms with Crippen LogP contribution in [0.2, 0.25) is 0 Å². The predicted octanol–water partition coefficient (Wildman–Crippen LogP) is 1.23. The molecule has 3 rings (SSSR count). The first-order chi connectivity index (χ1) is 10.2. The van der Waals surface area contributed by atoms with Crippen LogP contribution in [0.5, 0.6) is 0 Å². The van der Waals surface area contributed by atoms with E-state index in [-0.39, 0.29) is 5.91 Å². The van der Waals surface area contributed by atoms with Crippen LogP contribution in [-0.2, 0) is 4.74 Å². The molecule has 2 aliphatic heterocycles. The van der Waals surface area contributed by atoms with Crippen LogP contribution in [0.4, 0.5) is 0 Å². The predicted molar refractivity (Wildman–Crippen MR) is 77.3 cm³/mol. The van der Waals surface area contributed by atoms with Gasteiger partial charge in [-0.1, -0.05) is 5.16 Å². The standard InChI is InChI=1S/C15H23N3O3/c1-11-14(12(2)21-16-11)15(19)18-6-3-5-17(7-8-18)13-4-9-20-10-13/h13H,3-10H2,1-2H3. The van der Waals surface area contributed by atoms with E-state index in [9.17, 15) is 4.79 Å². The lowest BCUT2D eigenvalue weighted by Gasteiger charge is -2.26. The number of aryl methyl sites for hydroxylation is 2. The van der Waals surface area contributed by atoms with Crippen molar-refractivity contribution in [2.75, 3.05) is 39.4 Å². The summed E-state index contributed by atoms with van der Waals surface area (Å²) in [5.41, 5.74) is 1.32. The number of aromatic nitrogens is 1. The van der Waals surface area contributed by atoms with Crippen molar-refractivity contribution in [1.29, 1.82) is 0 Å². The molecule has 0 N–H and O–H groups in total. The number of carbonyl (C=O) groups excluding carboxylic acids is 1. The highest BCUT2D eigenvalue weighted by Gasteiger charge is 2.28. The summed E-state index contributed by atoms with van der Waals surface area (Å²) in [6.45, 7) is 8.84.